The second kappa shape index (κ2) is 3.57. The lowest BCUT2D eigenvalue weighted by molar-refractivity contribution is 0.602. The van der Waals surface area contributed by atoms with Crippen LogP contribution in [0.4, 0.5) is 5.69 Å². The molecular weight excluding hydrogens is 250 g/mol. The summed E-state index contributed by atoms with van der Waals surface area (Å²) < 4.78 is 23.6. The molecule has 3 N–H and O–H groups in total. The van der Waals surface area contributed by atoms with Gasteiger partial charge in [0, 0.05) is 17.3 Å². The van der Waals surface area contributed by atoms with Gasteiger partial charge in [0.1, 0.15) is 0 Å². The molecule has 7 heteroatoms. The second-order valence-corrected chi connectivity index (χ2v) is 5.62. The molecule has 0 amide bonds. The zero-order chi connectivity index (χ0) is 11.9. The molecule has 0 saturated heterocycles. The highest BCUT2D eigenvalue weighted by Gasteiger charge is 2.09. The summed E-state index contributed by atoms with van der Waals surface area (Å²) in [6.07, 6.45) is 2.56. The SMILES string of the molecule is CS(=O)(=O)Nn1cc(Cl)c2ccc(N)cc21. The maximum Gasteiger partial charge on any atom is 0.243 e. The molecule has 16 heavy (non-hydrogen) atoms. The molecular formula is C9H10ClN3O2S. The van der Waals surface area contributed by atoms with Crippen LogP contribution in [0.1, 0.15) is 0 Å². The number of nitrogen functional groups attached to an aromatic ring is 1. The van der Waals surface area contributed by atoms with Gasteiger partial charge in [-0.2, -0.15) is 0 Å². The van der Waals surface area contributed by atoms with E-state index in [4.69, 9.17) is 17.3 Å². The standard InChI is InChI=1S/C9H10ClN3O2S/c1-16(14,15)12-13-5-8(10)7-3-2-6(11)4-9(7)13/h2-5,12H,11H2,1H3. The summed E-state index contributed by atoms with van der Waals surface area (Å²) in [5, 5.41) is 1.21. The van der Waals surface area contributed by atoms with Crippen molar-refractivity contribution in [2.24, 2.45) is 0 Å². The number of anilines is 1. The lowest BCUT2D eigenvalue weighted by Crippen LogP contribution is -2.20. The minimum Gasteiger partial charge on any atom is -0.399 e. The third kappa shape index (κ3) is 2.07. The number of benzene rings is 1. The lowest BCUT2D eigenvalue weighted by atomic mass is 10.2. The number of aromatic nitrogens is 1. The minimum atomic E-state index is -3.35. The first-order chi connectivity index (χ1) is 7.37. The van der Waals surface area contributed by atoms with Gasteiger partial charge in [0.2, 0.25) is 10.0 Å². The number of hydrogen-bond acceptors (Lipinski definition) is 3. The normalized spacial score (nSPS) is 11.9. The Kier molecular flexibility index (Phi) is 2.47. The summed E-state index contributed by atoms with van der Waals surface area (Å²) in [5.41, 5.74) is 6.79. The molecule has 2 aromatic rings. The summed E-state index contributed by atoms with van der Waals surface area (Å²) in [7, 11) is -3.35. The van der Waals surface area contributed by atoms with Crippen molar-refractivity contribution in [2.45, 2.75) is 0 Å². The first-order valence-electron chi connectivity index (χ1n) is 4.41. The van der Waals surface area contributed by atoms with E-state index in [-0.39, 0.29) is 0 Å². The molecule has 0 unspecified atom stereocenters. The third-order valence-corrected chi connectivity index (χ3v) is 2.87. The number of fused-ring (bicyclic) bond motifs is 1. The molecule has 1 heterocycles. The zero-order valence-corrected chi connectivity index (χ0v) is 10.0. The highest BCUT2D eigenvalue weighted by molar-refractivity contribution is 7.91. The number of nitrogens with two attached hydrogens (primary N) is 1. The predicted octanol–water partition coefficient (Wildman–Crippen LogP) is 1.38. The van der Waals surface area contributed by atoms with Crippen LogP contribution >= 0.6 is 11.6 Å². The largest absolute Gasteiger partial charge is 0.399 e. The number of sulfonamides is 1. The van der Waals surface area contributed by atoms with Gasteiger partial charge in [0.25, 0.3) is 0 Å². The van der Waals surface area contributed by atoms with Crippen molar-refractivity contribution in [1.29, 1.82) is 0 Å². The van der Waals surface area contributed by atoms with Gasteiger partial charge in [0.15, 0.2) is 0 Å². The van der Waals surface area contributed by atoms with Crippen molar-refractivity contribution >= 4 is 38.2 Å². The third-order valence-electron chi connectivity index (χ3n) is 2.05. The van der Waals surface area contributed by atoms with E-state index in [1.165, 1.54) is 10.9 Å². The molecule has 5 nitrogen and oxygen atoms in total. The number of rotatable bonds is 2. The number of halogens is 1. The fourth-order valence-electron chi connectivity index (χ4n) is 1.46. The maximum absolute atomic E-state index is 11.1. The summed E-state index contributed by atoms with van der Waals surface area (Å²) >= 11 is 5.96. The topological polar surface area (TPSA) is 77.1 Å². The van der Waals surface area contributed by atoms with Crippen LogP contribution in [0.25, 0.3) is 10.9 Å². The average molecular weight is 260 g/mol. The number of nitrogens with zero attached hydrogens (tertiary/aromatic N) is 1. The molecule has 0 aliphatic heterocycles. The summed E-state index contributed by atoms with van der Waals surface area (Å²) in [6, 6.07) is 5.10. The average Bonchev–Trinajstić information content (AvgIpc) is 2.40. The van der Waals surface area contributed by atoms with Crippen molar-refractivity contribution in [3.8, 4) is 0 Å². The van der Waals surface area contributed by atoms with Crippen LogP contribution in [0, 0.1) is 0 Å². The van der Waals surface area contributed by atoms with E-state index in [1.807, 2.05) is 0 Å². The van der Waals surface area contributed by atoms with Gasteiger partial charge in [-0.15, -0.1) is 0 Å². The Morgan fingerprint density at radius 2 is 2.12 bits per heavy atom. The van der Waals surface area contributed by atoms with Crippen LogP contribution in [-0.4, -0.2) is 19.3 Å². The number of nitrogens with one attached hydrogen (secondary N) is 1. The van der Waals surface area contributed by atoms with E-state index in [2.05, 4.69) is 4.83 Å². The van der Waals surface area contributed by atoms with Crippen LogP contribution in [-0.2, 0) is 10.0 Å². The lowest BCUT2D eigenvalue weighted by Gasteiger charge is -2.06. The van der Waals surface area contributed by atoms with E-state index < -0.39 is 10.0 Å². The second-order valence-electron chi connectivity index (χ2n) is 3.49. The van der Waals surface area contributed by atoms with Crippen molar-refractivity contribution < 1.29 is 8.42 Å². The first-order valence-corrected chi connectivity index (χ1v) is 6.67. The molecule has 1 aromatic heterocycles. The Hall–Kier alpha value is -1.40. The fourth-order valence-corrected chi connectivity index (χ4v) is 2.22. The minimum absolute atomic E-state index is 0.464. The van der Waals surface area contributed by atoms with Gasteiger partial charge in [-0.1, -0.05) is 11.6 Å². The summed E-state index contributed by atoms with van der Waals surface area (Å²) in [4.78, 5) is 2.32. The molecule has 86 valence electrons. The van der Waals surface area contributed by atoms with E-state index in [0.717, 1.165) is 11.6 Å². The smallest absolute Gasteiger partial charge is 0.243 e. The van der Waals surface area contributed by atoms with Crippen LogP contribution in [0.15, 0.2) is 24.4 Å². The number of hydrogen-bond donors (Lipinski definition) is 2. The Balaban J connectivity index is 2.66. The van der Waals surface area contributed by atoms with Crippen LogP contribution < -0.4 is 10.6 Å². The Morgan fingerprint density at radius 1 is 1.44 bits per heavy atom. The zero-order valence-electron chi connectivity index (χ0n) is 8.44. The van der Waals surface area contributed by atoms with Gasteiger partial charge in [0.05, 0.1) is 16.8 Å². The quantitative estimate of drug-likeness (QED) is 0.800. The summed E-state index contributed by atoms with van der Waals surface area (Å²) in [5.74, 6) is 0. The molecule has 2 rings (SSSR count). The van der Waals surface area contributed by atoms with Gasteiger partial charge < -0.3 is 5.73 Å². The van der Waals surface area contributed by atoms with Crippen LogP contribution in [0.5, 0.6) is 0 Å². The molecule has 0 aliphatic rings. The maximum atomic E-state index is 11.1. The van der Waals surface area contributed by atoms with Crippen LogP contribution in [0.2, 0.25) is 5.02 Å². The Morgan fingerprint density at radius 3 is 2.75 bits per heavy atom. The van der Waals surface area contributed by atoms with Crippen molar-refractivity contribution in [1.82, 2.24) is 4.68 Å². The van der Waals surface area contributed by atoms with E-state index in [0.29, 0.717) is 16.2 Å². The van der Waals surface area contributed by atoms with E-state index in [9.17, 15) is 8.42 Å². The molecule has 0 fully saturated rings. The van der Waals surface area contributed by atoms with Gasteiger partial charge in [-0.25, -0.2) is 13.2 Å². The highest BCUT2D eigenvalue weighted by atomic mass is 35.5. The highest BCUT2D eigenvalue weighted by Crippen LogP contribution is 2.26. The van der Waals surface area contributed by atoms with Gasteiger partial charge >= 0.3 is 0 Å². The van der Waals surface area contributed by atoms with E-state index >= 15 is 0 Å². The predicted molar refractivity (Wildman–Crippen MR) is 65.6 cm³/mol. The molecule has 0 radical (unpaired) electrons. The Labute approximate surface area is 97.8 Å². The molecule has 0 atom stereocenters. The molecule has 0 bridgehead atoms. The van der Waals surface area contributed by atoms with Gasteiger partial charge in [-0.3, -0.25) is 4.68 Å². The fraction of sp³-hybridized carbons (Fsp3) is 0.111. The molecule has 0 aliphatic carbocycles. The van der Waals surface area contributed by atoms with E-state index in [1.54, 1.807) is 18.2 Å². The molecule has 0 spiro atoms. The van der Waals surface area contributed by atoms with Crippen molar-refractivity contribution in [3.63, 3.8) is 0 Å². The van der Waals surface area contributed by atoms with Crippen molar-refractivity contribution in [2.75, 3.05) is 16.8 Å². The van der Waals surface area contributed by atoms with Crippen molar-refractivity contribution in [3.05, 3.63) is 29.4 Å². The first kappa shape index (κ1) is 11.1. The molecule has 1 aromatic carbocycles. The summed E-state index contributed by atoms with van der Waals surface area (Å²) in [6.45, 7) is 0. The molecule has 0 saturated carbocycles. The Bertz CT molecular complexity index is 648. The van der Waals surface area contributed by atoms with Crippen LogP contribution in [0.3, 0.4) is 0 Å². The van der Waals surface area contributed by atoms with Gasteiger partial charge in [-0.05, 0) is 18.2 Å². The monoisotopic (exact) mass is 259 g/mol.